The summed E-state index contributed by atoms with van der Waals surface area (Å²) >= 11 is 9.22. The lowest BCUT2D eigenvalue weighted by molar-refractivity contribution is 0.101. The Kier molecular flexibility index (Phi) is 3.21. The lowest BCUT2D eigenvalue weighted by Gasteiger charge is -2.05. The molecule has 0 saturated carbocycles. The summed E-state index contributed by atoms with van der Waals surface area (Å²) in [5, 5.41) is 9.11. The summed E-state index contributed by atoms with van der Waals surface area (Å²) in [6, 6.07) is 5.17. The zero-order chi connectivity index (χ0) is 11.5. The fraction of sp³-hybridized carbons (Fsp3) is 0. The molecule has 2 aromatic rings. The number of rotatable bonds is 2. The number of nitrogens with one attached hydrogen (secondary N) is 2. The second kappa shape index (κ2) is 4.63. The minimum Gasteiger partial charge on any atom is -0.318 e. The van der Waals surface area contributed by atoms with Crippen LogP contribution in [0.4, 0.5) is 5.69 Å². The van der Waals surface area contributed by atoms with Crippen LogP contribution in [0.15, 0.2) is 29.0 Å². The van der Waals surface area contributed by atoms with Gasteiger partial charge in [-0.3, -0.25) is 9.89 Å². The maximum Gasteiger partial charge on any atom is 0.293 e. The van der Waals surface area contributed by atoms with E-state index in [0.717, 1.165) is 4.47 Å². The van der Waals surface area contributed by atoms with Crippen LogP contribution in [0.1, 0.15) is 10.6 Å². The molecule has 0 aliphatic rings. The van der Waals surface area contributed by atoms with Crippen molar-refractivity contribution in [3.8, 4) is 0 Å². The van der Waals surface area contributed by atoms with E-state index in [4.69, 9.17) is 11.6 Å². The second-order valence-corrected chi connectivity index (χ2v) is 4.24. The van der Waals surface area contributed by atoms with Gasteiger partial charge in [0.2, 0.25) is 5.82 Å². The largest absolute Gasteiger partial charge is 0.318 e. The number of halogens is 2. The van der Waals surface area contributed by atoms with E-state index in [0.29, 0.717) is 10.7 Å². The van der Waals surface area contributed by atoms with Gasteiger partial charge in [-0.25, -0.2) is 4.98 Å². The SMILES string of the molecule is O=C(Nc1ccc(Br)cc1Cl)c1ncn[nH]1. The van der Waals surface area contributed by atoms with E-state index in [2.05, 4.69) is 36.4 Å². The maximum absolute atomic E-state index is 11.6. The van der Waals surface area contributed by atoms with Crippen molar-refractivity contribution in [3.63, 3.8) is 0 Å². The summed E-state index contributed by atoms with van der Waals surface area (Å²) in [7, 11) is 0. The van der Waals surface area contributed by atoms with Crippen LogP contribution < -0.4 is 5.32 Å². The van der Waals surface area contributed by atoms with E-state index in [-0.39, 0.29) is 11.7 Å². The molecule has 0 spiro atoms. The molecule has 0 aliphatic heterocycles. The van der Waals surface area contributed by atoms with E-state index in [1.54, 1.807) is 18.2 Å². The van der Waals surface area contributed by atoms with Gasteiger partial charge in [0.15, 0.2) is 0 Å². The third-order valence-electron chi connectivity index (χ3n) is 1.81. The molecule has 2 rings (SSSR count). The Morgan fingerprint density at radius 2 is 2.31 bits per heavy atom. The first-order chi connectivity index (χ1) is 7.66. The molecule has 1 heterocycles. The molecule has 0 fully saturated rings. The summed E-state index contributed by atoms with van der Waals surface area (Å²) in [6.07, 6.45) is 1.26. The number of amides is 1. The molecule has 7 heteroatoms. The number of H-pyrrole nitrogens is 1. The zero-order valence-corrected chi connectivity index (χ0v) is 10.2. The monoisotopic (exact) mass is 300 g/mol. The van der Waals surface area contributed by atoms with Gasteiger partial charge in [-0.1, -0.05) is 27.5 Å². The first kappa shape index (κ1) is 11.1. The Hall–Kier alpha value is -1.40. The van der Waals surface area contributed by atoms with Gasteiger partial charge in [0.1, 0.15) is 6.33 Å². The van der Waals surface area contributed by atoms with Gasteiger partial charge >= 0.3 is 0 Å². The lowest BCUT2D eigenvalue weighted by Crippen LogP contribution is -2.13. The first-order valence-corrected chi connectivity index (χ1v) is 5.45. The number of carbonyl (C=O) groups is 1. The number of hydrogen-bond acceptors (Lipinski definition) is 3. The first-order valence-electron chi connectivity index (χ1n) is 4.28. The molecule has 1 aromatic carbocycles. The third-order valence-corrected chi connectivity index (χ3v) is 2.62. The molecule has 0 atom stereocenters. The van der Waals surface area contributed by atoms with Crippen molar-refractivity contribution in [2.75, 3.05) is 5.32 Å². The van der Waals surface area contributed by atoms with Crippen LogP contribution in [0.25, 0.3) is 0 Å². The Bertz CT molecular complexity index is 514. The van der Waals surface area contributed by atoms with Gasteiger partial charge in [0.05, 0.1) is 10.7 Å². The van der Waals surface area contributed by atoms with Crippen LogP contribution in [0.2, 0.25) is 5.02 Å². The molecule has 0 saturated heterocycles. The molecule has 2 N–H and O–H groups in total. The number of anilines is 1. The highest BCUT2D eigenvalue weighted by Crippen LogP contribution is 2.25. The number of nitrogens with zero attached hydrogens (tertiary/aromatic N) is 2. The molecule has 1 amide bonds. The zero-order valence-electron chi connectivity index (χ0n) is 7.87. The average molecular weight is 302 g/mol. The van der Waals surface area contributed by atoms with E-state index < -0.39 is 0 Å². The number of aromatic amines is 1. The van der Waals surface area contributed by atoms with Gasteiger partial charge in [-0.2, -0.15) is 5.10 Å². The molecule has 0 radical (unpaired) electrons. The smallest absolute Gasteiger partial charge is 0.293 e. The van der Waals surface area contributed by atoms with Crippen LogP contribution in [-0.2, 0) is 0 Å². The number of hydrogen-bond donors (Lipinski definition) is 2. The van der Waals surface area contributed by atoms with Crippen molar-refractivity contribution >= 4 is 39.1 Å². The fourth-order valence-corrected chi connectivity index (χ4v) is 1.81. The van der Waals surface area contributed by atoms with Crippen LogP contribution in [0.3, 0.4) is 0 Å². The summed E-state index contributed by atoms with van der Waals surface area (Å²) in [5.74, 6) is -0.249. The highest BCUT2D eigenvalue weighted by molar-refractivity contribution is 9.10. The standard InChI is InChI=1S/C9H6BrClN4O/c10-5-1-2-7(6(11)3-5)14-9(16)8-12-4-13-15-8/h1-4H,(H,14,16)(H,12,13,15). The highest BCUT2D eigenvalue weighted by atomic mass is 79.9. The Morgan fingerprint density at radius 3 is 2.94 bits per heavy atom. The quantitative estimate of drug-likeness (QED) is 0.895. The normalized spacial score (nSPS) is 10.1. The summed E-state index contributed by atoms with van der Waals surface area (Å²) in [5.41, 5.74) is 0.520. The van der Waals surface area contributed by atoms with Crippen LogP contribution >= 0.6 is 27.5 Å². The van der Waals surface area contributed by atoms with E-state index in [1.807, 2.05) is 0 Å². The predicted molar refractivity (Wildman–Crippen MR) is 63.5 cm³/mol. The minimum atomic E-state index is -0.387. The van der Waals surface area contributed by atoms with Crippen molar-refractivity contribution in [1.29, 1.82) is 0 Å². The molecule has 16 heavy (non-hydrogen) atoms. The van der Waals surface area contributed by atoms with Gasteiger partial charge in [-0.15, -0.1) is 0 Å². The molecular weight excluding hydrogens is 295 g/mol. The minimum absolute atomic E-state index is 0.138. The highest BCUT2D eigenvalue weighted by Gasteiger charge is 2.10. The van der Waals surface area contributed by atoms with E-state index >= 15 is 0 Å². The van der Waals surface area contributed by atoms with Gasteiger partial charge < -0.3 is 5.32 Å². The number of benzene rings is 1. The average Bonchev–Trinajstić information content (AvgIpc) is 2.75. The van der Waals surface area contributed by atoms with E-state index in [1.165, 1.54) is 6.33 Å². The van der Waals surface area contributed by atoms with Crippen molar-refractivity contribution < 1.29 is 4.79 Å². The maximum atomic E-state index is 11.6. The van der Waals surface area contributed by atoms with Crippen LogP contribution in [-0.4, -0.2) is 21.1 Å². The van der Waals surface area contributed by atoms with Crippen molar-refractivity contribution in [2.24, 2.45) is 0 Å². The molecule has 1 aromatic heterocycles. The topological polar surface area (TPSA) is 70.7 Å². The Labute approximate surface area is 104 Å². The molecule has 82 valence electrons. The Morgan fingerprint density at radius 1 is 1.50 bits per heavy atom. The summed E-state index contributed by atoms with van der Waals surface area (Å²) in [6.45, 7) is 0. The molecular formula is C9H6BrClN4O. The van der Waals surface area contributed by atoms with E-state index in [9.17, 15) is 4.79 Å². The lowest BCUT2D eigenvalue weighted by atomic mass is 10.3. The fourth-order valence-electron chi connectivity index (χ4n) is 1.09. The molecule has 0 aliphatic carbocycles. The van der Waals surface area contributed by atoms with Gasteiger partial charge in [0, 0.05) is 4.47 Å². The molecule has 5 nitrogen and oxygen atoms in total. The predicted octanol–water partition coefficient (Wildman–Crippen LogP) is 2.47. The van der Waals surface area contributed by atoms with Crippen molar-refractivity contribution in [2.45, 2.75) is 0 Å². The van der Waals surface area contributed by atoms with Gasteiger partial charge in [0.25, 0.3) is 5.91 Å². The van der Waals surface area contributed by atoms with Crippen molar-refractivity contribution in [1.82, 2.24) is 15.2 Å². The molecule has 0 unspecified atom stereocenters. The number of aromatic nitrogens is 3. The summed E-state index contributed by atoms with van der Waals surface area (Å²) < 4.78 is 0.843. The Balaban J connectivity index is 2.18. The molecule has 0 bridgehead atoms. The van der Waals surface area contributed by atoms with Crippen LogP contribution in [0, 0.1) is 0 Å². The third kappa shape index (κ3) is 2.40. The second-order valence-electron chi connectivity index (χ2n) is 2.91. The summed E-state index contributed by atoms with van der Waals surface area (Å²) in [4.78, 5) is 15.3. The van der Waals surface area contributed by atoms with Gasteiger partial charge in [-0.05, 0) is 18.2 Å². The number of carbonyl (C=O) groups excluding carboxylic acids is 1. The van der Waals surface area contributed by atoms with Crippen LogP contribution in [0.5, 0.6) is 0 Å². The van der Waals surface area contributed by atoms with Crippen molar-refractivity contribution in [3.05, 3.63) is 39.8 Å².